The zero-order valence-corrected chi connectivity index (χ0v) is 12.0. The van der Waals surface area contributed by atoms with Crippen LogP contribution in [0, 0.1) is 5.41 Å². The van der Waals surface area contributed by atoms with E-state index in [0.29, 0.717) is 25.8 Å². The molecule has 1 unspecified atom stereocenters. The molecule has 5 nitrogen and oxygen atoms in total. The van der Waals surface area contributed by atoms with Gasteiger partial charge in [0.15, 0.2) is 0 Å². The molecule has 21 heavy (non-hydrogen) atoms. The Morgan fingerprint density at radius 2 is 2.05 bits per heavy atom. The number of nitrogens with one attached hydrogen (secondary N) is 1. The second-order valence-corrected chi connectivity index (χ2v) is 5.41. The number of aliphatic carboxylic acids is 1. The highest BCUT2D eigenvalue weighted by Crippen LogP contribution is 2.33. The van der Waals surface area contributed by atoms with Crippen molar-refractivity contribution in [3.63, 3.8) is 0 Å². The molecule has 8 heteroatoms. The number of carboxylic acids is 1. The number of urea groups is 1. The number of alkyl halides is 3. The Kier molecular flexibility index (Phi) is 5.86. The zero-order valence-electron chi connectivity index (χ0n) is 12.0. The first-order valence-electron chi connectivity index (χ1n) is 7.03. The summed E-state index contributed by atoms with van der Waals surface area (Å²) < 4.78 is 35.9. The summed E-state index contributed by atoms with van der Waals surface area (Å²) in [6.07, 6.45) is -3.84. The standard InChI is InChI=1S/C13H21F3N2O3/c1-2-12(10(19)20)5-4-8-18(9-12)11(21)17-7-3-6-13(14,15)16/h2-9H2,1H3,(H,17,21)(H,19,20). The van der Waals surface area contributed by atoms with Crippen molar-refractivity contribution in [2.45, 2.75) is 45.2 Å². The SMILES string of the molecule is CCC1(C(=O)O)CCCN(C(=O)NCCCC(F)(F)F)C1. The van der Waals surface area contributed by atoms with Gasteiger partial charge in [0.25, 0.3) is 0 Å². The molecule has 1 aliphatic rings. The molecular weight excluding hydrogens is 289 g/mol. The smallest absolute Gasteiger partial charge is 0.389 e. The largest absolute Gasteiger partial charge is 0.481 e. The van der Waals surface area contributed by atoms with Crippen molar-refractivity contribution >= 4 is 12.0 Å². The minimum Gasteiger partial charge on any atom is -0.481 e. The molecule has 0 radical (unpaired) electrons. The molecule has 0 spiro atoms. The fourth-order valence-corrected chi connectivity index (χ4v) is 2.52. The Morgan fingerprint density at radius 3 is 2.57 bits per heavy atom. The van der Waals surface area contributed by atoms with Crippen molar-refractivity contribution in [3.8, 4) is 0 Å². The van der Waals surface area contributed by atoms with Crippen LogP contribution in [0.3, 0.4) is 0 Å². The van der Waals surface area contributed by atoms with E-state index in [1.165, 1.54) is 4.90 Å². The number of piperidine rings is 1. The molecule has 0 aromatic rings. The predicted octanol–water partition coefficient (Wildman–Crippen LogP) is 2.62. The molecule has 122 valence electrons. The first-order chi connectivity index (χ1) is 9.70. The maximum atomic E-state index is 12.0. The molecule has 1 saturated heterocycles. The summed E-state index contributed by atoms with van der Waals surface area (Å²) in [4.78, 5) is 24.6. The number of carbonyl (C=O) groups is 2. The van der Waals surface area contributed by atoms with Crippen molar-refractivity contribution in [1.82, 2.24) is 10.2 Å². The van der Waals surface area contributed by atoms with Gasteiger partial charge in [-0.25, -0.2) is 4.79 Å². The van der Waals surface area contributed by atoms with E-state index in [2.05, 4.69) is 5.32 Å². The van der Waals surface area contributed by atoms with Gasteiger partial charge in [0.2, 0.25) is 0 Å². The molecule has 0 aromatic heterocycles. The number of halogens is 3. The zero-order chi connectivity index (χ0) is 16.1. The van der Waals surface area contributed by atoms with Gasteiger partial charge in [0.05, 0.1) is 5.41 Å². The number of hydrogen-bond donors (Lipinski definition) is 2. The molecule has 0 saturated carbocycles. The highest BCUT2D eigenvalue weighted by atomic mass is 19.4. The molecule has 1 aliphatic heterocycles. The fourth-order valence-electron chi connectivity index (χ4n) is 2.52. The highest BCUT2D eigenvalue weighted by Gasteiger charge is 2.42. The van der Waals surface area contributed by atoms with Crippen molar-refractivity contribution in [2.24, 2.45) is 5.41 Å². The Balaban J connectivity index is 2.45. The summed E-state index contributed by atoms with van der Waals surface area (Å²) in [5, 5.41) is 11.7. The highest BCUT2D eigenvalue weighted by molar-refractivity contribution is 5.78. The van der Waals surface area contributed by atoms with Crippen molar-refractivity contribution in [2.75, 3.05) is 19.6 Å². The maximum Gasteiger partial charge on any atom is 0.389 e. The molecule has 1 heterocycles. The van der Waals surface area contributed by atoms with E-state index in [1.54, 1.807) is 6.92 Å². The van der Waals surface area contributed by atoms with Crippen LogP contribution in [0.2, 0.25) is 0 Å². The molecule has 0 aromatic carbocycles. The van der Waals surface area contributed by atoms with Gasteiger partial charge in [-0.15, -0.1) is 0 Å². The molecule has 1 fully saturated rings. The third-order valence-electron chi connectivity index (χ3n) is 3.91. The Hall–Kier alpha value is -1.47. The number of carboxylic acid groups (broad SMARTS) is 1. The summed E-state index contributed by atoms with van der Waals surface area (Å²) in [5.74, 6) is -0.931. The van der Waals surface area contributed by atoms with Crippen molar-refractivity contribution in [1.29, 1.82) is 0 Å². The lowest BCUT2D eigenvalue weighted by atomic mass is 9.78. The molecular formula is C13H21F3N2O3. The summed E-state index contributed by atoms with van der Waals surface area (Å²) >= 11 is 0. The van der Waals surface area contributed by atoms with Crippen LogP contribution in [0.25, 0.3) is 0 Å². The van der Waals surface area contributed by atoms with Crippen LogP contribution in [-0.2, 0) is 4.79 Å². The predicted molar refractivity (Wildman–Crippen MR) is 69.9 cm³/mol. The van der Waals surface area contributed by atoms with Gasteiger partial charge in [-0.2, -0.15) is 13.2 Å². The van der Waals surface area contributed by atoms with Gasteiger partial charge in [0, 0.05) is 26.1 Å². The first kappa shape index (κ1) is 17.6. The minimum absolute atomic E-state index is 0.0684. The molecule has 2 N–H and O–H groups in total. The number of carbonyl (C=O) groups excluding carboxylic acids is 1. The van der Waals surface area contributed by atoms with Crippen molar-refractivity contribution in [3.05, 3.63) is 0 Å². The van der Waals surface area contributed by atoms with Crippen molar-refractivity contribution < 1.29 is 27.9 Å². The lowest BCUT2D eigenvalue weighted by molar-refractivity contribution is -0.152. The van der Waals surface area contributed by atoms with E-state index in [9.17, 15) is 27.9 Å². The van der Waals surface area contributed by atoms with Crippen LogP contribution in [-0.4, -0.2) is 47.8 Å². The van der Waals surface area contributed by atoms with Gasteiger partial charge in [-0.3, -0.25) is 4.79 Å². The lowest BCUT2D eigenvalue weighted by Gasteiger charge is -2.39. The van der Waals surface area contributed by atoms with Crippen LogP contribution in [0.15, 0.2) is 0 Å². The number of nitrogens with zero attached hydrogens (tertiary/aromatic N) is 1. The molecule has 0 aliphatic carbocycles. The van der Waals surface area contributed by atoms with Gasteiger partial charge in [-0.05, 0) is 25.7 Å². The Labute approximate surface area is 121 Å². The maximum absolute atomic E-state index is 12.0. The third kappa shape index (κ3) is 5.09. The van der Waals surface area contributed by atoms with Crippen LogP contribution in [0.1, 0.15) is 39.0 Å². The third-order valence-corrected chi connectivity index (χ3v) is 3.91. The van der Waals surface area contributed by atoms with E-state index in [4.69, 9.17) is 0 Å². The number of likely N-dealkylation sites (tertiary alicyclic amines) is 1. The van der Waals surface area contributed by atoms with Gasteiger partial charge in [-0.1, -0.05) is 6.92 Å². The Bertz CT molecular complexity index is 387. The number of amides is 2. The molecule has 2 amide bonds. The van der Waals surface area contributed by atoms with E-state index in [1.807, 2.05) is 0 Å². The fraction of sp³-hybridized carbons (Fsp3) is 0.846. The van der Waals surface area contributed by atoms with E-state index >= 15 is 0 Å². The summed E-state index contributed by atoms with van der Waals surface area (Å²) in [6, 6.07) is -0.490. The van der Waals surface area contributed by atoms with Gasteiger partial charge < -0.3 is 15.3 Å². The summed E-state index contributed by atoms with van der Waals surface area (Å²) in [6.45, 7) is 2.23. The summed E-state index contributed by atoms with van der Waals surface area (Å²) in [7, 11) is 0. The Morgan fingerprint density at radius 1 is 1.38 bits per heavy atom. The second kappa shape index (κ2) is 7.00. The summed E-state index contributed by atoms with van der Waals surface area (Å²) in [5.41, 5.74) is -0.943. The topological polar surface area (TPSA) is 69.6 Å². The number of rotatable bonds is 5. The monoisotopic (exact) mass is 310 g/mol. The second-order valence-electron chi connectivity index (χ2n) is 5.41. The van der Waals surface area contributed by atoms with Crippen LogP contribution >= 0.6 is 0 Å². The van der Waals surface area contributed by atoms with E-state index in [-0.39, 0.29) is 19.5 Å². The molecule has 1 rings (SSSR count). The lowest BCUT2D eigenvalue weighted by Crippen LogP contribution is -2.52. The van der Waals surface area contributed by atoms with E-state index < -0.39 is 30.0 Å². The average Bonchev–Trinajstić information content (AvgIpc) is 2.42. The molecule has 0 bridgehead atoms. The normalized spacial score (nSPS) is 23.0. The first-order valence-corrected chi connectivity index (χ1v) is 7.03. The van der Waals surface area contributed by atoms with E-state index in [0.717, 1.165) is 0 Å². The number of hydrogen-bond acceptors (Lipinski definition) is 2. The van der Waals surface area contributed by atoms with Crippen LogP contribution < -0.4 is 5.32 Å². The minimum atomic E-state index is -4.23. The van der Waals surface area contributed by atoms with Gasteiger partial charge in [0.1, 0.15) is 0 Å². The van der Waals surface area contributed by atoms with Crippen LogP contribution in [0.5, 0.6) is 0 Å². The average molecular weight is 310 g/mol. The quantitative estimate of drug-likeness (QED) is 0.767. The van der Waals surface area contributed by atoms with Crippen LogP contribution in [0.4, 0.5) is 18.0 Å². The molecule has 1 atom stereocenters. The van der Waals surface area contributed by atoms with Gasteiger partial charge >= 0.3 is 18.2 Å².